The van der Waals surface area contributed by atoms with Gasteiger partial charge in [-0.15, -0.1) is 0 Å². The molecule has 84 valence electrons. The van der Waals surface area contributed by atoms with Gasteiger partial charge in [0.15, 0.2) is 0 Å². The fraction of sp³-hybridized carbons (Fsp3) is 0.308. The van der Waals surface area contributed by atoms with Gasteiger partial charge in [-0.3, -0.25) is 4.68 Å². The fourth-order valence-electron chi connectivity index (χ4n) is 1.73. The van der Waals surface area contributed by atoms with E-state index < -0.39 is 0 Å². The van der Waals surface area contributed by atoms with Gasteiger partial charge in [-0.1, -0.05) is 31.2 Å². The Labute approximate surface area is 95.9 Å². The number of rotatable bonds is 3. The second-order valence-corrected chi connectivity index (χ2v) is 4.04. The number of aryl methyl sites for hydroxylation is 1. The number of aromatic nitrogens is 2. The van der Waals surface area contributed by atoms with Crippen molar-refractivity contribution in [3.63, 3.8) is 0 Å². The first-order valence-corrected chi connectivity index (χ1v) is 5.55. The van der Waals surface area contributed by atoms with Crippen LogP contribution in [0.3, 0.4) is 0 Å². The molecule has 0 aliphatic rings. The third-order valence-electron chi connectivity index (χ3n) is 2.82. The van der Waals surface area contributed by atoms with Crippen LogP contribution in [-0.4, -0.2) is 9.78 Å². The number of benzene rings is 1. The van der Waals surface area contributed by atoms with E-state index in [1.165, 1.54) is 11.1 Å². The molecule has 0 fully saturated rings. The summed E-state index contributed by atoms with van der Waals surface area (Å²) in [6.07, 6.45) is 4.84. The fourth-order valence-corrected chi connectivity index (χ4v) is 1.73. The molecule has 3 nitrogen and oxygen atoms in total. The summed E-state index contributed by atoms with van der Waals surface area (Å²) in [5, 5.41) is 4.16. The SMILES string of the molecule is CCC(N)c1ccc(-c2cnn(C)c2)cc1. The molecule has 0 aliphatic carbocycles. The first kappa shape index (κ1) is 10.9. The maximum atomic E-state index is 5.97. The van der Waals surface area contributed by atoms with E-state index in [0.717, 1.165) is 12.0 Å². The van der Waals surface area contributed by atoms with Crippen molar-refractivity contribution in [2.75, 3.05) is 0 Å². The van der Waals surface area contributed by atoms with Crippen LogP contribution in [0.2, 0.25) is 0 Å². The molecule has 0 aliphatic heterocycles. The van der Waals surface area contributed by atoms with Gasteiger partial charge in [0.25, 0.3) is 0 Å². The van der Waals surface area contributed by atoms with E-state index >= 15 is 0 Å². The molecule has 16 heavy (non-hydrogen) atoms. The van der Waals surface area contributed by atoms with E-state index in [1.54, 1.807) is 4.68 Å². The largest absolute Gasteiger partial charge is 0.324 e. The van der Waals surface area contributed by atoms with E-state index in [-0.39, 0.29) is 6.04 Å². The van der Waals surface area contributed by atoms with Crippen LogP contribution in [0, 0.1) is 0 Å². The smallest absolute Gasteiger partial charge is 0.0568 e. The Morgan fingerprint density at radius 3 is 2.44 bits per heavy atom. The van der Waals surface area contributed by atoms with Crippen LogP contribution in [0.4, 0.5) is 0 Å². The quantitative estimate of drug-likeness (QED) is 0.854. The summed E-state index contributed by atoms with van der Waals surface area (Å²) in [7, 11) is 1.92. The monoisotopic (exact) mass is 215 g/mol. The molecular formula is C13H17N3. The molecule has 0 radical (unpaired) electrons. The van der Waals surface area contributed by atoms with Crippen LogP contribution in [-0.2, 0) is 7.05 Å². The first-order valence-electron chi connectivity index (χ1n) is 5.55. The summed E-state index contributed by atoms with van der Waals surface area (Å²) in [5.41, 5.74) is 9.48. The molecule has 3 heteroatoms. The van der Waals surface area contributed by atoms with Crippen molar-refractivity contribution in [1.82, 2.24) is 9.78 Å². The third kappa shape index (κ3) is 2.14. The lowest BCUT2D eigenvalue weighted by Crippen LogP contribution is -2.07. The molecule has 1 unspecified atom stereocenters. The van der Waals surface area contributed by atoms with Crippen LogP contribution in [0.15, 0.2) is 36.7 Å². The van der Waals surface area contributed by atoms with Gasteiger partial charge in [0.05, 0.1) is 6.20 Å². The average molecular weight is 215 g/mol. The number of hydrogen-bond donors (Lipinski definition) is 1. The standard InChI is InChI=1S/C13H17N3/c1-3-13(14)11-6-4-10(5-7-11)12-8-15-16(2)9-12/h4-9,13H,3,14H2,1-2H3. The number of nitrogens with two attached hydrogens (primary N) is 1. The lowest BCUT2D eigenvalue weighted by atomic mass is 10.0. The summed E-state index contributed by atoms with van der Waals surface area (Å²) in [4.78, 5) is 0. The Balaban J connectivity index is 2.25. The molecular weight excluding hydrogens is 198 g/mol. The number of hydrogen-bond acceptors (Lipinski definition) is 2. The molecule has 1 atom stereocenters. The first-order chi connectivity index (χ1) is 7.70. The van der Waals surface area contributed by atoms with Crippen LogP contribution in [0.5, 0.6) is 0 Å². The van der Waals surface area contributed by atoms with Crippen molar-refractivity contribution in [3.8, 4) is 11.1 Å². The van der Waals surface area contributed by atoms with Gasteiger partial charge in [-0.25, -0.2) is 0 Å². The normalized spacial score (nSPS) is 12.7. The van der Waals surface area contributed by atoms with Gasteiger partial charge < -0.3 is 5.73 Å². The van der Waals surface area contributed by atoms with Gasteiger partial charge in [-0.05, 0) is 17.5 Å². The second kappa shape index (κ2) is 4.49. The van der Waals surface area contributed by atoms with Crippen molar-refractivity contribution >= 4 is 0 Å². The maximum absolute atomic E-state index is 5.97. The van der Waals surface area contributed by atoms with E-state index in [2.05, 4.69) is 36.3 Å². The van der Waals surface area contributed by atoms with E-state index in [0.29, 0.717) is 0 Å². The highest BCUT2D eigenvalue weighted by Gasteiger charge is 2.04. The van der Waals surface area contributed by atoms with Gasteiger partial charge >= 0.3 is 0 Å². The van der Waals surface area contributed by atoms with Gasteiger partial charge in [0.1, 0.15) is 0 Å². The summed E-state index contributed by atoms with van der Waals surface area (Å²) in [6.45, 7) is 2.10. The topological polar surface area (TPSA) is 43.8 Å². The Kier molecular flexibility index (Phi) is 3.06. The van der Waals surface area contributed by atoms with Crippen molar-refractivity contribution in [2.24, 2.45) is 12.8 Å². The van der Waals surface area contributed by atoms with Crippen molar-refractivity contribution < 1.29 is 0 Å². The summed E-state index contributed by atoms with van der Waals surface area (Å²) in [6, 6.07) is 8.53. The molecule has 2 aromatic rings. The zero-order valence-electron chi connectivity index (χ0n) is 9.72. The van der Waals surface area contributed by atoms with Crippen LogP contribution < -0.4 is 5.73 Å². The van der Waals surface area contributed by atoms with Crippen molar-refractivity contribution in [1.29, 1.82) is 0 Å². The maximum Gasteiger partial charge on any atom is 0.0568 e. The summed E-state index contributed by atoms with van der Waals surface area (Å²) >= 11 is 0. The van der Waals surface area contributed by atoms with Gasteiger partial charge in [0, 0.05) is 24.8 Å². The highest BCUT2D eigenvalue weighted by molar-refractivity contribution is 5.61. The lowest BCUT2D eigenvalue weighted by Gasteiger charge is -2.09. The molecule has 0 saturated heterocycles. The average Bonchev–Trinajstić information content (AvgIpc) is 2.75. The molecule has 0 bridgehead atoms. The molecule has 0 amide bonds. The predicted molar refractivity (Wildman–Crippen MR) is 65.9 cm³/mol. The molecule has 1 heterocycles. The summed E-state index contributed by atoms with van der Waals surface area (Å²) < 4.78 is 1.81. The highest BCUT2D eigenvalue weighted by atomic mass is 15.2. The van der Waals surface area contributed by atoms with Crippen LogP contribution >= 0.6 is 0 Å². The molecule has 2 N–H and O–H groups in total. The van der Waals surface area contributed by atoms with E-state index in [4.69, 9.17) is 5.73 Å². The van der Waals surface area contributed by atoms with E-state index in [9.17, 15) is 0 Å². The van der Waals surface area contributed by atoms with Crippen LogP contribution in [0.25, 0.3) is 11.1 Å². The van der Waals surface area contributed by atoms with Crippen molar-refractivity contribution in [3.05, 3.63) is 42.2 Å². The molecule has 2 rings (SSSR count). The lowest BCUT2D eigenvalue weighted by molar-refractivity contribution is 0.699. The minimum absolute atomic E-state index is 0.142. The molecule has 0 saturated carbocycles. The van der Waals surface area contributed by atoms with E-state index in [1.807, 2.05) is 19.4 Å². The van der Waals surface area contributed by atoms with Gasteiger partial charge in [0.2, 0.25) is 0 Å². The Morgan fingerprint density at radius 1 is 1.25 bits per heavy atom. The van der Waals surface area contributed by atoms with Gasteiger partial charge in [-0.2, -0.15) is 5.10 Å². The highest BCUT2D eigenvalue weighted by Crippen LogP contribution is 2.21. The second-order valence-electron chi connectivity index (χ2n) is 4.04. The minimum atomic E-state index is 0.142. The zero-order chi connectivity index (χ0) is 11.5. The Bertz CT molecular complexity index is 456. The van der Waals surface area contributed by atoms with Crippen molar-refractivity contribution in [2.45, 2.75) is 19.4 Å². The zero-order valence-corrected chi connectivity index (χ0v) is 9.72. The Morgan fingerprint density at radius 2 is 1.94 bits per heavy atom. The Hall–Kier alpha value is -1.61. The number of nitrogens with zero attached hydrogens (tertiary/aromatic N) is 2. The molecule has 0 spiro atoms. The molecule has 1 aromatic carbocycles. The third-order valence-corrected chi connectivity index (χ3v) is 2.82. The molecule has 1 aromatic heterocycles. The predicted octanol–water partition coefficient (Wildman–Crippen LogP) is 2.50. The summed E-state index contributed by atoms with van der Waals surface area (Å²) in [5.74, 6) is 0. The van der Waals surface area contributed by atoms with Crippen LogP contribution in [0.1, 0.15) is 24.9 Å². The minimum Gasteiger partial charge on any atom is -0.324 e.